The molecule has 0 aliphatic carbocycles. The van der Waals surface area contributed by atoms with Crippen molar-refractivity contribution in [3.05, 3.63) is 0 Å². The van der Waals surface area contributed by atoms with Crippen LogP contribution in [0.2, 0.25) is 0 Å². The summed E-state index contributed by atoms with van der Waals surface area (Å²) in [5, 5.41) is 8.87. The van der Waals surface area contributed by atoms with E-state index in [1.54, 1.807) is 0 Å². The standard InChI is InChI=1S/C6H16NO.H2O4S/c1-6(8)5-7(2,3)4;1-5(2,3)4/h6,8H,5H2,1-4H3;(H2,1,2,3,4)/q+1;. The fourth-order valence-corrected chi connectivity index (χ4v) is 0.793. The Balaban J connectivity index is 0. The van der Waals surface area contributed by atoms with Gasteiger partial charge in [0.25, 0.3) is 0 Å². The van der Waals surface area contributed by atoms with Crippen LogP contribution in [0.5, 0.6) is 0 Å². The second kappa shape index (κ2) is 5.51. The molecule has 7 heteroatoms. The molecule has 1 unspecified atom stereocenters. The molecule has 0 aromatic heterocycles. The van der Waals surface area contributed by atoms with Crippen molar-refractivity contribution in [2.24, 2.45) is 0 Å². The molecule has 0 spiro atoms. The van der Waals surface area contributed by atoms with Gasteiger partial charge in [-0.25, -0.2) is 0 Å². The van der Waals surface area contributed by atoms with Crippen LogP contribution in [0.1, 0.15) is 6.92 Å². The molecule has 0 rings (SSSR count). The molecule has 0 aliphatic rings. The maximum atomic E-state index is 8.87. The maximum absolute atomic E-state index is 8.87. The maximum Gasteiger partial charge on any atom is 0.394 e. The van der Waals surface area contributed by atoms with Gasteiger partial charge in [-0.05, 0) is 6.92 Å². The first kappa shape index (κ1) is 15.3. The van der Waals surface area contributed by atoms with E-state index in [2.05, 4.69) is 21.1 Å². The Morgan fingerprint density at radius 3 is 1.46 bits per heavy atom. The molecule has 0 aromatic rings. The molecule has 0 aliphatic heterocycles. The minimum absolute atomic E-state index is 0.185. The van der Waals surface area contributed by atoms with Crippen molar-refractivity contribution in [3.63, 3.8) is 0 Å². The van der Waals surface area contributed by atoms with Crippen LogP contribution in [0, 0.1) is 0 Å². The van der Waals surface area contributed by atoms with Crippen LogP contribution in [0.3, 0.4) is 0 Å². The van der Waals surface area contributed by atoms with Crippen LogP contribution < -0.4 is 0 Å². The van der Waals surface area contributed by atoms with Gasteiger partial charge in [0.05, 0.1) is 21.1 Å². The van der Waals surface area contributed by atoms with Crippen molar-refractivity contribution in [2.45, 2.75) is 13.0 Å². The van der Waals surface area contributed by atoms with Crippen molar-refractivity contribution < 1.29 is 27.1 Å². The highest BCUT2D eigenvalue weighted by Crippen LogP contribution is 1.92. The van der Waals surface area contributed by atoms with E-state index in [1.165, 1.54) is 0 Å². The second-order valence-corrected chi connectivity index (χ2v) is 4.67. The molecule has 0 bridgehead atoms. The fourth-order valence-electron chi connectivity index (χ4n) is 0.793. The summed E-state index contributed by atoms with van der Waals surface area (Å²) in [5.41, 5.74) is 0. The van der Waals surface area contributed by atoms with Crippen LogP contribution in [-0.2, 0) is 10.4 Å². The molecule has 0 fully saturated rings. The third-order valence-corrected chi connectivity index (χ3v) is 0.812. The molecule has 0 saturated heterocycles. The summed E-state index contributed by atoms with van der Waals surface area (Å²) in [5.74, 6) is 0. The van der Waals surface area contributed by atoms with Crippen molar-refractivity contribution in [2.75, 3.05) is 27.7 Å². The van der Waals surface area contributed by atoms with E-state index in [1.807, 2.05) is 6.92 Å². The predicted molar refractivity (Wildman–Crippen MR) is 48.8 cm³/mol. The highest BCUT2D eigenvalue weighted by molar-refractivity contribution is 7.79. The number of quaternary nitrogens is 1. The third-order valence-electron chi connectivity index (χ3n) is 0.812. The normalized spacial score (nSPS) is 14.4. The van der Waals surface area contributed by atoms with E-state index in [0.717, 1.165) is 11.0 Å². The number of aliphatic hydroxyl groups is 1. The smallest absolute Gasteiger partial charge is 0.388 e. The SMILES string of the molecule is CC(O)C[N+](C)(C)C.O=S(=O)(O)O. The van der Waals surface area contributed by atoms with Gasteiger partial charge in [-0.1, -0.05) is 0 Å². The molecule has 82 valence electrons. The van der Waals surface area contributed by atoms with Crippen LogP contribution >= 0.6 is 0 Å². The van der Waals surface area contributed by atoms with E-state index >= 15 is 0 Å². The van der Waals surface area contributed by atoms with Gasteiger partial charge in [0, 0.05) is 0 Å². The van der Waals surface area contributed by atoms with Crippen molar-refractivity contribution in [1.82, 2.24) is 0 Å². The number of aliphatic hydroxyl groups excluding tert-OH is 1. The Morgan fingerprint density at radius 1 is 1.23 bits per heavy atom. The molecular weight excluding hydrogens is 198 g/mol. The number of likely N-dealkylation sites (N-methyl/N-ethyl adjacent to an activating group) is 1. The number of rotatable bonds is 2. The quantitative estimate of drug-likeness (QED) is 0.424. The lowest BCUT2D eigenvalue weighted by atomic mass is 10.3. The lowest BCUT2D eigenvalue weighted by Crippen LogP contribution is -2.40. The van der Waals surface area contributed by atoms with Crippen LogP contribution in [0.25, 0.3) is 0 Å². The Bertz CT molecular complexity index is 208. The topological polar surface area (TPSA) is 94.8 Å². The first-order valence-corrected chi connectivity index (χ1v) is 5.00. The first-order chi connectivity index (χ1) is 5.42. The molecular formula is C6H18NO5S+. The average Bonchev–Trinajstić information content (AvgIpc) is 1.47. The van der Waals surface area contributed by atoms with Gasteiger partial charge in [-0.3, -0.25) is 9.11 Å². The lowest BCUT2D eigenvalue weighted by Gasteiger charge is -2.24. The zero-order valence-corrected chi connectivity index (χ0v) is 9.11. The van der Waals surface area contributed by atoms with Gasteiger partial charge < -0.3 is 9.59 Å². The summed E-state index contributed by atoms with van der Waals surface area (Å²) in [6.07, 6.45) is -0.185. The molecule has 3 N–H and O–H groups in total. The van der Waals surface area contributed by atoms with Crippen LogP contribution in [0.15, 0.2) is 0 Å². The number of hydrogen-bond donors (Lipinski definition) is 3. The summed E-state index contributed by atoms with van der Waals surface area (Å²) in [6.45, 7) is 2.63. The van der Waals surface area contributed by atoms with E-state index in [4.69, 9.17) is 22.6 Å². The Kier molecular flexibility index (Phi) is 6.47. The highest BCUT2D eigenvalue weighted by Gasteiger charge is 2.09. The van der Waals surface area contributed by atoms with Gasteiger partial charge in [-0.15, -0.1) is 0 Å². The zero-order chi connectivity index (χ0) is 11.3. The zero-order valence-electron chi connectivity index (χ0n) is 8.30. The van der Waals surface area contributed by atoms with E-state index in [-0.39, 0.29) is 6.10 Å². The second-order valence-electron chi connectivity index (χ2n) is 3.77. The number of nitrogens with zero attached hydrogens (tertiary/aromatic N) is 1. The third kappa shape index (κ3) is 49.3. The molecule has 0 heterocycles. The molecule has 1 atom stereocenters. The summed E-state index contributed by atoms with van der Waals surface area (Å²) in [4.78, 5) is 0. The summed E-state index contributed by atoms with van der Waals surface area (Å²) < 4.78 is 32.4. The molecule has 13 heavy (non-hydrogen) atoms. The number of hydrogen-bond acceptors (Lipinski definition) is 3. The largest absolute Gasteiger partial charge is 0.394 e. The van der Waals surface area contributed by atoms with Gasteiger partial charge in [0.2, 0.25) is 0 Å². The van der Waals surface area contributed by atoms with Gasteiger partial charge in [-0.2, -0.15) is 8.42 Å². The summed E-state index contributed by atoms with van der Waals surface area (Å²) in [7, 11) is 1.52. The Hall–Kier alpha value is -0.210. The van der Waals surface area contributed by atoms with Gasteiger partial charge in [0.15, 0.2) is 0 Å². The Morgan fingerprint density at radius 2 is 1.46 bits per heavy atom. The van der Waals surface area contributed by atoms with Crippen molar-refractivity contribution in [3.8, 4) is 0 Å². The average molecular weight is 216 g/mol. The van der Waals surface area contributed by atoms with Crippen LogP contribution in [-0.4, -0.2) is 60.9 Å². The first-order valence-electron chi connectivity index (χ1n) is 3.60. The monoisotopic (exact) mass is 216 g/mol. The molecule has 0 saturated carbocycles. The molecule has 6 nitrogen and oxygen atoms in total. The predicted octanol–water partition coefficient (Wildman–Crippen LogP) is -0.579. The van der Waals surface area contributed by atoms with E-state index in [9.17, 15) is 0 Å². The van der Waals surface area contributed by atoms with Crippen molar-refractivity contribution in [1.29, 1.82) is 0 Å². The Labute approximate surface area is 79.0 Å². The minimum atomic E-state index is -4.67. The van der Waals surface area contributed by atoms with E-state index in [0.29, 0.717) is 0 Å². The van der Waals surface area contributed by atoms with Crippen LogP contribution in [0.4, 0.5) is 0 Å². The lowest BCUT2D eigenvalue weighted by molar-refractivity contribution is -0.873. The van der Waals surface area contributed by atoms with Gasteiger partial charge >= 0.3 is 10.4 Å². The minimum Gasteiger partial charge on any atom is -0.388 e. The van der Waals surface area contributed by atoms with E-state index < -0.39 is 10.4 Å². The summed E-state index contributed by atoms with van der Waals surface area (Å²) >= 11 is 0. The fraction of sp³-hybridized carbons (Fsp3) is 1.00. The molecule has 0 aromatic carbocycles. The molecule has 0 radical (unpaired) electrons. The summed E-state index contributed by atoms with van der Waals surface area (Å²) in [6, 6.07) is 0. The molecule has 0 amide bonds. The highest BCUT2D eigenvalue weighted by atomic mass is 32.3. The van der Waals surface area contributed by atoms with Crippen molar-refractivity contribution >= 4 is 10.4 Å². The van der Waals surface area contributed by atoms with Gasteiger partial charge in [0.1, 0.15) is 12.6 Å².